The van der Waals surface area contributed by atoms with Crippen LogP contribution in [0.4, 0.5) is 0 Å². The molecule has 1 aromatic carbocycles. The van der Waals surface area contributed by atoms with E-state index in [4.69, 9.17) is 22.1 Å². The lowest BCUT2D eigenvalue weighted by Crippen LogP contribution is -2.23. The van der Waals surface area contributed by atoms with E-state index in [9.17, 15) is 0 Å². The molecule has 0 saturated carbocycles. The smallest absolute Gasteiger partial charge is 0.137 e. The third kappa shape index (κ3) is 3.25. The summed E-state index contributed by atoms with van der Waals surface area (Å²) in [5.41, 5.74) is 6.68. The summed E-state index contributed by atoms with van der Waals surface area (Å²) < 4.78 is 5.40. The number of aryl methyl sites for hydroxylation is 1. The molecule has 0 saturated heterocycles. The van der Waals surface area contributed by atoms with Gasteiger partial charge in [0, 0.05) is 6.04 Å². The van der Waals surface area contributed by atoms with Gasteiger partial charge in [0.15, 0.2) is 0 Å². The van der Waals surface area contributed by atoms with Crippen molar-refractivity contribution in [3.05, 3.63) is 28.8 Å². The average molecular weight is 200 g/mol. The molecule has 0 fully saturated rings. The van der Waals surface area contributed by atoms with Gasteiger partial charge in [-0.25, -0.2) is 0 Å². The number of nitrogens with two attached hydrogens (primary N) is 1. The van der Waals surface area contributed by atoms with Crippen LogP contribution in [-0.2, 0) is 0 Å². The summed E-state index contributed by atoms with van der Waals surface area (Å²) in [6, 6.07) is 5.72. The second kappa shape index (κ2) is 4.49. The number of ether oxygens (including phenoxy) is 1. The van der Waals surface area contributed by atoms with Crippen molar-refractivity contribution in [2.75, 3.05) is 6.61 Å². The number of hydrogen-bond donors (Lipinski definition) is 1. The largest absolute Gasteiger partial charge is 0.490 e. The van der Waals surface area contributed by atoms with Crippen LogP contribution in [0.2, 0.25) is 5.02 Å². The Bertz CT molecular complexity index is 286. The zero-order chi connectivity index (χ0) is 9.84. The van der Waals surface area contributed by atoms with E-state index in [1.54, 1.807) is 0 Å². The third-order valence-corrected chi connectivity index (χ3v) is 1.88. The normalized spacial score (nSPS) is 12.6. The summed E-state index contributed by atoms with van der Waals surface area (Å²) >= 11 is 5.95. The summed E-state index contributed by atoms with van der Waals surface area (Å²) in [5.74, 6) is 0.699. The fraction of sp³-hybridized carbons (Fsp3) is 0.400. The highest BCUT2D eigenvalue weighted by Crippen LogP contribution is 2.24. The molecule has 0 amide bonds. The zero-order valence-electron chi connectivity index (χ0n) is 7.88. The molecule has 13 heavy (non-hydrogen) atoms. The molecule has 0 aliphatic carbocycles. The van der Waals surface area contributed by atoms with Gasteiger partial charge >= 0.3 is 0 Å². The maximum Gasteiger partial charge on any atom is 0.137 e. The number of rotatable bonds is 3. The van der Waals surface area contributed by atoms with Gasteiger partial charge in [-0.2, -0.15) is 0 Å². The quantitative estimate of drug-likeness (QED) is 0.812. The summed E-state index contributed by atoms with van der Waals surface area (Å²) in [4.78, 5) is 0. The van der Waals surface area contributed by atoms with E-state index in [0.29, 0.717) is 17.4 Å². The second-order valence-electron chi connectivity index (χ2n) is 3.22. The van der Waals surface area contributed by atoms with Gasteiger partial charge in [0.05, 0.1) is 5.02 Å². The number of benzene rings is 1. The van der Waals surface area contributed by atoms with Crippen LogP contribution in [0.5, 0.6) is 5.75 Å². The maximum atomic E-state index is 5.95. The molecule has 0 bridgehead atoms. The molecule has 0 unspecified atom stereocenters. The van der Waals surface area contributed by atoms with Crippen LogP contribution in [-0.4, -0.2) is 12.6 Å². The molecular formula is C10H14ClNO. The fourth-order valence-electron chi connectivity index (χ4n) is 0.944. The zero-order valence-corrected chi connectivity index (χ0v) is 8.64. The molecule has 3 heteroatoms. The van der Waals surface area contributed by atoms with E-state index in [2.05, 4.69) is 0 Å². The maximum absolute atomic E-state index is 5.95. The lowest BCUT2D eigenvalue weighted by atomic mass is 10.2. The van der Waals surface area contributed by atoms with E-state index >= 15 is 0 Å². The monoisotopic (exact) mass is 199 g/mol. The molecule has 0 aliphatic heterocycles. The lowest BCUT2D eigenvalue weighted by molar-refractivity contribution is 0.296. The van der Waals surface area contributed by atoms with Crippen molar-refractivity contribution in [2.45, 2.75) is 19.9 Å². The van der Waals surface area contributed by atoms with Gasteiger partial charge in [-0.1, -0.05) is 17.7 Å². The molecule has 1 rings (SSSR count). The summed E-state index contributed by atoms with van der Waals surface area (Å²) in [5, 5.41) is 0.639. The van der Waals surface area contributed by atoms with E-state index in [1.807, 2.05) is 32.0 Å². The summed E-state index contributed by atoms with van der Waals surface area (Å²) in [6.07, 6.45) is 0. The third-order valence-electron chi connectivity index (χ3n) is 1.59. The van der Waals surface area contributed by atoms with Crippen LogP contribution in [0.25, 0.3) is 0 Å². The number of halogens is 1. The molecule has 0 heterocycles. The molecule has 0 spiro atoms. The SMILES string of the molecule is Cc1ccc(OC[C@@H](C)N)c(Cl)c1. The van der Waals surface area contributed by atoms with Gasteiger partial charge in [-0.05, 0) is 31.5 Å². The minimum Gasteiger partial charge on any atom is -0.490 e. The van der Waals surface area contributed by atoms with Crippen molar-refractivity contribution in [1.82, 2.24) is 0 Å². The van der Waals surface area contributed by atoms with Crippen LogP contribution in [0.15, 0.2) is 18.2 Å². The Balaban J connectivity index is 2.67. The van der Waals surface area contributed by atoms with Crippen LogP contribution in [0, 0.1) is 6.92 Å². The molecule has 2 N–H and O–H groups in total. The highest BCUT2D eigenvalue weighted by Gasteiger charge is 2.02. The first kappa shape index (κ1) is 10.4. The highest BCUT2D eigenvalue weighted by molar-refractivity contribution is 6.32. The molecule has 0 aliphatic rings. The Labute approximate surface area is 83.6 Å². The fourth-order valence-corrected chi connectivity index (χ4v) is 1.23. The lowest BCUT2D eigenvalue weighted by Gasteiger charge is -2.10. The minimum atomic E-state index is 0.0253. The first-order valence-corrected chi connectivity index (χ1v) is 4.62. The Kier molecular flexibility index (Phi) is 3.58. The number of hydrogen-bond acceptors (Lipinski definition) is 2. The van der Waals surface area contributed by atoms with E-state index in [0.717, 1.165) is 5.56 Å². The van der Waals surface area contributed by atoms with E-state index < -0.39 is 0 Å². The van der Waals surface area contributed by atoms with Gasteiger partial charge in [-0.3, -0.25) is 0 Å². The van der Waals surface area contributed by atoms with Gasteiger partial charge in [0.1, 0.15) is 12.4 Å². The van der Waals surface area contributed by atoms with Gasteiger partial charge < -0.3 is 10.5 Å². The predicted octanol–water partition coefficient (Wildman–Crippen LogP) is 2.37. The van der Waals surface area contributed by atoms with Gasteiger partial charge in [-0.15, -0.1) is 0 Å². The molecule has 1 aromatic rings. The van der Waals surface area contributed by atoms with Crippen molar-refractivity contribution in [3.8, 4) is 5.75 Å². The standard InChI is InChI=1S/C10H14ClNO/c1-7-3-4-10(9(11)5-7)13-6-8(2)12/h3-5,8H,6,12H2,1-2H3/t8-/m1/s1. The van der Waals surface area contributed by atoms with Crippen molar-refractivity contribution < 1.29 is 4.74 Å². The summed E-state index contributed by atoms with van der Waals surface area (Å²) in [6.45, 7) is 4.37. The van der Waals surface area contributed by atoms with Crippen LogP contribution in [0.1, 0.15) is 12.5 Å². The van der Waals surface area contributed by atoms with Crippen molar-refractivity contribution >= 4 is 11.6 Å². The Morgan fingerprint density at radius 1 is 1.54 bits per heavy atom. The van der Waals surface area contributed by atoms with Crippen LogP contribution < -0.4 is 10.5 Å². The topological polar surface area (TPSA) is 35.2 Å². The minimum absolute atomic E-state index is 0.0253. The van der Waals surface area contributed by atoms with Crippen molar-refractivity contribution in [1.29, 1.82) is 0 Å². The Morgan fingerprint density at radius 2 is 2.23 bits per heavy atom. The first-order valence-electron chi connectivity index (χ1n) is 4.24. The second-order valence-corrected chi connectivity index (χ2v) is 3.63. The average Bonchev–Trinajstić information content (AvgIpc) is 2.02. The molecule has 2 nitrogen and oxygen atoms in total. The summed E-state index contributed by atoms with van der Waals surface area (Å²) in [7, 11) is 0. The van der Waals surface area contributed by atoms with Crippen molar-refractivity contribution in [3.63, 3.8) is 0 Å². The molecule has 0 radical (unpaired) electrons. The predicted molar refractivity (Wildman–Crippen MR) is 55.3 cm³/mol. The van der Waals surface area contributed by atoms with E-state index in [-0.39, 0.29) is 6.04 Å². The molecule has 1 atom stereocenters. The Hall–Kier alpha value is -0.730. The highest BCUT2D eigenvalue weighted by atomic mass is 35.5. The molecule has 72 valence electrons. The Morgan fingerprint density at radius 3 is 2.77 bits per heavy atom. The van der Waals surface area contributed by atoms with Gasteiger partial charge in [0.2, 0.25) is 0 Å². The molecule has 0 aromatic heterocycles. The van der Waals surface area contributed by atoms with Crippen molar-refractivity contribution in [2.24, 2.45) is 5.73 Å². The van der Waals surface area contributed by atoms with Crippen LogP contribution >= 0.6 is 11.6 Å². The van der Waals surface area contributed by atoms with Gasteiger partial charge in [0.25, 0.3) is 0 Å². The van der Waals surface area contributed by atoms with E-state index in [1.165, 1.54) is 0 Å². The first-order chi connectivity index (χ1) is 6.09. The van der Waals surface area contributed by atoms with Crippen LogP contribution in [0.3, 0.4) is 0 Å². The molecular weight excluding hydrogens is 186 g/mol.